The molecule has 0 saturated carbocycles. The van der Waals surface area contributed by atoms with Crippen molar-refractivity contribution in [2.24, 2.45) is 0 Å². The lowest BCUT2D eigenvalue weighted by Crippen LogP contribution is -2.28. The number of nitrogens with one attached hydrogen (secondary N) is 1. The average molecular weight is 378 g/mol. The molecule has 2 rings (SSSR count). The highest BCUT2D eigenvalue weighted by molar-refractivity contribution is 7.89. The maximum atomic E-state index is 12.6. The third-order valence-electron chi connectivity index (χ3n) is 4.29. The van der Waals surface area contributed by atoms with Gasteiger partial charge in [-0.3, -0.25) is 0 Å². The first-order valence-electron chi connectivity index (χ1n) is 8.75. The van der Waals surface area contributed by atoms with Gasteiger partial charge in [0.1, 0.15) is 12.4 Å². The van der Waals surface area contributed by atoms with Gasteiger partial charge in [0.05, 0.1) is 11.5 Å². The van der Waals surface area contributed by atoms with Gasteiger partial charge in [-0.15, -0.1) is 0 Å². The van der Waals surface area contributed by atoms with Gasteiger partial charge >= 0.3 is 0 Å². The molecule has 26 heavy (non-hydrogen) atoms. The van der Waals surface area contributed by atoms with Crippen molar-refractivity contribution in [2.75, 3.05) is 26.9 Å². The molecule has 0 aliphatic heterocycles. The van der Waals surface area contributed by atoms with Crippen LogP contribution in [0.2, 0.25) is 0 Å². The van der Waals surface area contributed by atoms with Crippen LogP contribution in [0.15, 0.2) is 53.4 Å². The zero-order chi connectivity index (χ0) is 19.0. The van der Waals surface area contributed by atoms with Crippen molar-refractivity contribution in [1.82, 2.24) is 4.72 Å². The van der Waals surface area contributed by atoms with E-state index in [0.29, 0.717) is 25.5 Å². The van der Waals surface area contributed by atoms with Crippen LogP contribution in [0.1, 0.15) is 30.4 Å². The summed E-state index contributed by atoms with van der Waals surface area (Å²) in [7, 11) is -1.96. The Hall–Kier alpha value is -1.89. The Bertz CT molecular complexity index is 791. The Labute approximate surface area is 156 Å². The number of aryl methyl sites for hydroxylation is 1. The summed E-state index contributed by atoms with van der Waals surface area (Å²) in [4.78, 5) is 0.247. The van der Waals surface area contributed by atoms with Crippen molar-refractivity contribution in [2.45, 2.75) is 31.1 Å². The molecular weight excluding hydrogens is 350 g/mol. The highest BCUT2D eigenvalue weighted by Crippen LogP contribution is 2.23. The van der Waals surface area contributed by atoms with E-state index in [2.05, 4.69) is 11.6 Å². The van der Waals surface area contributed by atoms with E-state index in [1.54, 1.807) is 25.3 Å². The number of rotatable bonds is 10. The number of hydrogen-bond donors (Lipinski definition) is 1. The van der Waals surface area contributed by atoms with Gasteiger partial charge < -0.3 is 9.47 Å². The number of benzene rings is 2. The van der Waals surface area contributed by atoms with E-state index >= 15 is 0 Å². The first kappa shape index (κ1) is 20.4. The smallest absolute Gasteiger partial charge is 0.240 e. The average Bonchev–Trinajstić information content (AvgIpc) is 2.64. The molecule has 0 spiro atoms. The molecule has 0 heterocycles. The third kappa shape index (κ3) is 5.56. The van der Waals surface area contributed by atoms with Crippen molar-refractivity contribution in [3.8, 4) is 5.75 Å². The summed E-state index contributed by atoms with van der Waals surface area (Å²) in [6, 6.07) is 14.8. The van der Waals surface area contributed by atoms with E-state index in [1.807, 2.05) is 37.3 Å². The summed E-state index contributed by atoms with van der Waals surface area (Å²) >= 11 is 0. The molecule has 0 amide bonds. The highest BCUT2D eigenvalue weighted by atomic mass is 32.2. The highest BCUT2D eigenvalue weighted by Gasteiger charge is 2.18. The van der Waals surface area contributed by atoms with Crippen LogP contribution in [0.3, 0.4) is 0 Å². The molecule has 6 heteroatoms. The Morgan fingerprint density at radius 2 is 1.81 bits per heavy atom. The van der Waals surface area contributed by atoms with Gasteiger partial charge in [-0.1, -0.05) is 37.3 Å². The van der Waals surface area contributed by atoms with Crippen LogP contribution in [-0.2, 0) is 14.8 Å². The fraction of sp³-hybridized carbons (Fsp3) is 0.400. The van der Waals surface area contributed by atoms with Crippen molar-refractivity contribution >= 4 is 10.0 Å². The summed E-state index contributed by atoms with van der Waals surface area (Å²) in [5.41, 5.74) is 1.91. The molecule has 0 bridgehead atoms. The van der Waals surface area contributed by atoms with Gasteiger partial charge in [-0.25, -0.2) is 13.1 Å². The van der Waals surface area contributed by atoms with E-state index in [-0.39, 0.29) is 10.8 Å². The zero-order valence-electron chi connectivity index (χ0n) is 15.6. The molecule has 0 aliphatic rings. The molecule has 0 aliphatic carbocycles. The first-order valence-corrected chi connectivity index (χ1v) is 10.2. The third-order valence-corrected chi connectivity index (χ3v) is 5.71. The monoisotopic (exact) mass is 377 g/mol. The van der Waals surface area contributed by atoms with Crippen LogP contribution in [0.25, 0.3) is 0 Å². The van der Waals surface area contributed by atoms with E-state index in [1.165, 1.54) is 0 Å². The number of hydrogen-bond acceptors (Lipinski definition) is 4. The molecule has 1 atom stereocenters. The van der Waals surface area contributed by atoms with Gasteiger partial charge in [-0.05, 0) is 48.6 Å². The van der Waals surface area contributed by atoms with Crippen molar-refractivity contribution in [1.29, 1.82) is 0 Å². The molecule has 0 fully saturated rings. The van der Waals surface area contributed by atoms with Crippen LogP contribution >= 0.6 is 0 Å². The molecule has 2 aromatic carbocycles. The number of ether oxygens (including phenoxy) is 2. The summed E-state index contributed by atoms with van der Waals surface area (Å²) in [5, 5.41) is 0. The van der Waals surface area contributed by atoms with Crippen molar-refractivity contribution < 1.29 is 17.9 Å². The second kappa shape index (κ2) is 9.71. The molecule has 0 radical (unpaired) electrons. The minimum absolute atomic E-state index is 0.142. The summed E-state index contributed by atoms with van der Waals surface area (Å²) in [6.07, 6.45) is 0.859. The molecule has 0 saturated heterocycles. The molecule has 142 valence electrons. The van der Waals surface area contributed by atoms with Crippen molar-refractivity contribution in [3.05, 3.63) is 59.7 Å². The molecule has 2 aromatic rings. The Kier molecular flexibility index (Phi) is 7.63. The zero-order valence-corrected chi connectivity index (χ0v) is 16.4. The van der Waals surface area contributed by atoms with E-state index < -0.39 is 10.0 Å². The van der Waals surface area contributed by atoms with Crippen LogP contribution < -0.4 is 9.46 Å². The maximum Gasteiger partial charge on any atom is 0.240 e. The lowest BCUT2D eigenvalue weighted by molar-refractivity contribution is 0.146. The number of methoxy groups -OCH3 is 1. The normalized spacial score (nSPS) is 12.7. The summed E-state index contributed by atoms with van der Waals surface area (Å²) in [6.45, 7) is 5.17. The van der Waals surface area contributed by atoms with Gasteiger partial charge in [0.25, 0.3) is 0 Å². The largest absolute Gasteiger partial charge is 0.491 e. The van der Waals surface area contributed by atoms with Gasteiger partial charge in [0.15, 0.2) is 0 Å². The topological polar surface area (TPSA) is 64.6 Å². The predicted molar refractivity (Wildman–Crippen MR) is 103 cm³/mol. The first-order chi connectivity index (χ1) is 12.5. The molecule has 1 N–H and O–H groups in total. The molecule has 5 nitrogen and oxygen atoms in total. The standard InChI is InChI=1S/C20H27NO4S/c1-4-17(18-8-6-5-7-9-18)15-21-26(22,23)19-10-11-20(16(2)14-19)25-13-12-24-3/h5-11,14,17,21H,4,12-13,15H2,1-3H3. The maximum absolute atomic E-state index is 12.6. The Balaban J connectivity index is 2.06. The Morgan fingerprint density at radius 3 is 2.42 bits per heavy atom. The fourth-order valence-electron chi connectivity index (χ4n) is 2.70. The second-order valence-electron chi connectivity index (χ2n) is 6.14. The summed E-state index contributed by atoms with van der Waals surface area (Å²) in [5.74, 6) is 0.806. The SMILES string of the molecule is CCC(CNS(=O)(=O)c1ccc(OCCOC)c(C)c1)c1ccccc1. The van der Waals surface area contributed by atoms with Crippen LogP contribution in [0, 0.1) is 6.92 Å². The summed E-state index contributed by atoms with van der Waals surface area (Å²) < 4.78 is 38.5. The van der Waals surface area contributed by atoms with E-state index in [0.717, 1.165) is 17.5 Å². The van der Waals surface area contributed by atoms with Gasteiger partial charge in [0.2, 0.25) is 10.0 Å². The van der Waals surface area contributed by atoms with E-state index in [4.69, 9.17) is 9.47 Å². The van der Waals surface area contributed by atoms with Crippen LogP contribution in [0.5, 0.6) is 5.75 Å². The lowest BCUT2D eigenvalue weighted by atomic mass is 9.97. The second-order valence-corrected chi connectivity index (χ2v) is 7.90. The van der Waals surface area contributed by atoms with Gasteiger partial charge in [-0.2, -0.15) is 0 Å². The minimum atomic E-state index is -3.57. The molecule has 0 aromatic heterocycles. The van der Waals surface area contributed by atoms with Crippen LogP contribution in [-0.4, -0.2) is 35.3 Å². The predicted octanol–water partition coefficient (Wildman–Crippen LogP) is 3.49. The van der Waals surface area contributed by atoms with Crippen molar-refractivity contribution in [3.63, 3.8) is 0 Å². The molecule has 1 unspecified atom stereocenters. The Morgan fingerprint density at radius 1 is 1.08 bits per heavy atom. The lowest BCUT2D eigenvalue weighted by Gasteiger charge is -2.17. The quantitative estimate of drug-likeness (QED) is 0.644. The fourth-order valence-corrected chi connectivity index (χ4v) is 3.87. The number of sulfonamides is 1. The molecular formula is C20H27NO4S. The van der Waals surface area contributed by atoms with E-state index in [9.17, 15) is 8.42 Å². The minimum Gasteiger partial charge on any atom is -0.491 e. The van der Waals surface area contributed by atoms with Gasteiger partial charge in [0, 0.05) is 13.7 Å². The van der Waals surface area contributed by atoms with Crippen LogP contribution in [0.4, 0.5) is 0 Å².